The molecule has 96 valence electrons. The van der Waals surface area contributed by atoms with Crippen molar-refractivity contribution >= 4 is 17.7 Å². The lowest BCUT2D eigenvalue weighted by molar-refractivity contribution is -0.166. The Kier molecular flexibility index (Phi) is 5.95. The van der Waals surface area contributed by atoms with Crippen LogP contribution in [0.5, 0.6) is 0 Å². The number of carbonyl (C=O) groups is 3. The van der Waals surface area contributed by atoms with Gasteiger partial charge >= 0.3 is 11.9 Å². The van der Waals surface area contributed by atoms with Gasteiger partial charge in [-0.25, -0.2) is 0 Å². The number of ketones is 1. The summed E-state index contributed by atoms with van der Waals surface area (Å²) in [4.78, 5) is 33.2. The molecule has 0 aromatic carbocycles. The Morgan fingerprint density at radius 2 is 1.41 bits per heavy atom. The predicted octanol–water partition coefficient (Wildman–Crippen LogP) is 0.172. The van der Waals surface area contributed by atoms with E-state index < -0.39 is 29.9 Å². The highest BCUT2D eigenvalue weighted by Crippen LogP contribution is 2.13. The van der Waals surface area contributed by atoms with Gasteiger partial charge in [-0.1, -0.05) is 6.58 Å². The van der Waals surface area contributed by atoms with E-state index in [-0.39, 0.29) is 5.70 Å². The Balaban J connectivity index is 5.05. The summed E-state index contributed by atoms with van der Waals surface area (Å²) in [7, 11) is 1.56. The summed E-state index contributed by atoms with van der Waals surface area (Å²) in [5, 5.41) is 2.66. The number of Topliss-reactive ketones (excluding diaryl/α,β-unsaturated/α-hetero) is 1. The van der Waals surface area contributed by atoms with Crippen LogP contribution in [0.3, 0.4) is 0 Å². The van der Waals surface area contributed by atoms with Crippen LogP contribution in [-0.4, -0.2) is 37.0 Å². The normalized spacial score (nSPS) is 13.2. The molecular formula is C11H17NO5. The number of rotatable bonds is 6. The van der Waals surface area contributed by atoms with Crippen molar-refractivity contribution in [1.82, 2.24) is 5.32 Å². The van der Waals surface area contributed by atoms with Gasteiger partial charge in [0.25, 0.3) is 0 Å². The van der Waals surface area contributed by atoms with Crippen molar-refractivity contribution in [1.29, 1.82) is 0 Å². The Morgan fingerprint density at radius 3 is 1.71 bits per heavy atom. The molecule has 0 aromatic rings. The molecule has 0 fully saturated rings. The van der Waals surface area contributed by atoms with Crippen LogP contribution in [0.1, 0.15) is 20.8 Å². The fourth-order valence-electron chi connectivity index (χ4n) is 1.17. The molecule has 0 rings (SSSR count). The second-order valence-corrected chi connectivity index (χ2v) is 3.45. The summed E-state index contributed by atoms with van der Waals surface area (Å²) in [5.74, 6) is -1.65. The summed E-state index contributed by atoms with van der Waals surface area (Å²) in [5.41, 5.74) is 0.279. The van der Waals surface area contributed by atoms with E-state index in [2.05, 4.69) is 11.9 Å². The minimum atomic E-state index is -1.18. The van der Waals surface area contributed by atoms with Gasteiger partial charge in [0, 0.05) is 26.6 Å². The standard InChI is InChI=1S/C11H17NO5/c1-6(12-5)10(16-8(3)14)11(7(2)13)17-9(4)15/h10-12H,1H2,2-5H3/t10-,11-/m0/s1. The van der Waals surface area contributed by atoms with Gasteiger partial charge in [-0.3, -0.25) is 14.4 Å². The second-order valence-electron chi connectivity index (χ2n) is 3.45. The summed E-state index contributed by atoms with van der Waals surface area (Å²) >= 11 is 0. The fourth-order valence-corrected chi connectivity index (χ4v) is 1.17. The molecule has 0 aromatic heterocycles. The lowest BCUT2D eigenvalue weighted by Gasteiger charge is -2.25. The Labute approximate surface area is 100.0 Å². The number of likely N-dealkylation sites (N-methyl/N-ethyl adjacent to an activating group) is 1. The van der Waals surface area contributed by atoms with Crippen molar-refractivity contribution in [3.05, 3.63) is 12.3 Å². The number of esters is 2. The van der Waals surface area contributed by atoms with Gasteiger partial charge < -0.3 is 14.8 Å². The average molecular weight is 243 g/mol. The molecule has 0 saturated carbocycles. The molecular weight excluding hydrogens is 226 g/mol. The largest absolute Gasteiger partial charge is 0.452 e. The van der Waals surface area contributed by atoms with Crippen LogP contribution in [0.4, 0.5) is 0 Å². The zero-order chi connectivity index (χ0) is 13.6. The minimum absolute atomic E-state index is 0.279. The van der Waals surface area contributed by atoms with Crippen LogP contribution in [0.25, 0.3) is 0 Å². The van der Waals surface area contributed by atoms with Crippen LogP contribution in [-0.2, 0) is 23.9 Å². The van der Waals surface area contributed by atoms with Crippen molar-refractivity contribution in [3.8, 4) is 0 Å². The molecule has 1 N–H and O–H groups in total. The monoisotopic (exact) mass is 243 g/mol. The summed E-state index contributed by atoms with van der Waals surface area (Å²) < 4.78 is 9.76. The maximum atomic E-state index is 11.4. The van der Waals surface area contributed by atoms with Gasteiger partial charge in [0.05, 0.1) is 0 Å². The number of hydrogen-bond acceptors (Lipinski definition) is 6. The maximum Gasteiger partial charge on any atom is 0.303 e. The van der Waals surface area contributed by atoms with Gasteiger partial charge in [0.15, 0.2) is 11.9 Å². The lowest BCUT2D eigenvalue weighted by Crippen LogP contribution is -2.43. The Hall–Kier alpha value is -1.85. The molecule has 0 radical (unpaired) electrons. The third-order valence-electron chi connectivity index (χ3n) is 1.93. The molecule has 0 bridgehead atoms. The highest BCUT2D eigenvalue weighted by atomic mass is 16.6. The van der Waals surface area contributed by atoms with Crippen molar-refractivity contribution in [3.63, 3.8) is 0 Å². The number of ether oxygens (including phenoxy) is 2. The molecule has 0 aliphatic heterocycles. The molecule has 2 atom stereocenters. The second kappa shape index (κ2) is 6.67. The molecule has 6 nitrogen and oxygen atoms in total. The SMILES string of the molecule is C=C(NC)[C@H](OC(C)=O)[C@@H](OC(C)=O)C(C)=O. The molecule has 6 heteroatoms. The first-order chi connectivity index (χ1) is 7.79. The topological polar surface area (TPSA) is 81.7 Å². The number of nitrogens with one attached hydrogen (secondary N) is 1. The van der Waals surface area contributed by atoms with Gasteiger partial charge in [-0.2, -0.15) is 0 Å². The smallest absolute Gasteiger partial charge is 0.303 e. The van der Waals surface area contributed by atoms with Crippen molar-refractivity contribution < 1.29 is 23.9 Å². The molecule has 0 aliphatic carbocycles. The molecule has 17 heavy (non-hydrogen) atoms. The van der Waals surface area contributed by atoms with Crippen LogP contribution >= 0.6 is 0 Å². The zero-order valence-corrected chi connectivity index (χ0v) is 10.4. The van der Waals surface area contributed by atoms with Crippen LogP contribution in [0.15, 0.2) is 12.3 Å². The third-order valence-corrected chi connectivity index (χ3v) is 1.93. The highest BCUT2D eigenvalue weighted by molar-refractivity contribution is 5.84. The fraction of sp³-hybridized carbons (Fsp3) is 0.545. The number of carbonyl (C=O) groups excluding carboxylic acids is 3. The van der Waals surface area contributed by atoms with E-state index in [0.717, 1.165) is 0 Å². The first kappa shape index (κ1) is 15.2. The first-order valence-corrected chi connectivity index (χ1v) is 5.01. The maximum absolute atomic E-state index is 11.4. The van der Waals surface area contributed by atoms with Gasteiger partial charge in [0.1, 0.15) is 0 Å². The lowest BCUT2D eigenvalue weighted by atomic mass is 10.1. The van der Waals surface area contributed by atoms with E-state index in [0.29, 0.717) is 0 Å². The van der Waals surface area contributed by atoms with Crippen molar-refractivity contribution in [2.45, 2.75) is 33.0 Å². The van der Waals surface area contributed by atoms with E-state index in [1.807, 2.05) is 0 Å². The van der Waals surface area contributed by atoms with Gasteiger partial charge in [-0.05, 0) is 6.92 Å². The third kappa shape index (κ3) is 5.14. The summed E-state index contributed by atoms with van der Waals surface area (Å²) in [6.45, 7) is 7.21. The Morgan fingerprint density at radius 1 is 1.00 bits per heavy atom. The van der Waals surface area contributed by atoms with Crippen LogP contribution in [0.2, 0.25) is 0 Å². The van der Waals surface area contributed by atoms with Gasteiger partial charge in [-0.15, -0.1) is 0 Å². The van der Waals surface area contributed by atoms with E-state index in [1.54, 1.807) is 7.05 Å². The highest BCUT2D eigenvalue weighted by Gasteiger charge is 2.33. The molecule has 0 aliphatic rings. The number of hydrogen-bond donors (Lipinski definition) is 1. The van der Waals surface area contributed by atoms with E-state index in [1.165, 1.54) is 20.8 Å². The molecule has 0 saturated heterocycles. The van der Waals surface area contributed by atoms with Crippen LogP contribution < -0.4 is 5.32 Å². The average Bonchev–Trinajstić information content (AvgIpc) is 2.21. The quantitative estimate of drug-likeness (QED) is 0.670. The van der Waals surface area contributed by atoms with E-state index in [9.17, 15) is 14.4 Å². The minimum Gasteiger partial charge on any atom is -0.452 e. The summed E-state index contributed by atoms with van der Waals surface area (Å²) in [6, 6.07) is 0. The zero-order valence-electron chi connectivity index (χ0n) is 10.4. The predicted molar refractivity (Wildman–Crippen MR) is 60.0 cm³/mol. The van der Waals surface area contributed by atoms with E-state index >= 15 is 0 Å². The Bertz CT molecular complexity index is 337. The van der Waals surface area contributed by atoms with E-state index in [4.69, 9.17) is 9.47 Å². The van der Waals surface area contributed by atoms with Crippen molar-refractivity contribution in [2.75, 3.05) is 7.05 Å². The van der Waals surface area contributed by atoms with Crippen molar-refractivity contribution in [2.24, 2.45) is 0 Å². The molecule has 0 spiro atoms. The molecule has 0 heterocycles. The summed E-state index contributed by atoms with van der Waals surface area (Å²) in [6.07, 6.45) is -2.21. The molecule has 0 unspecified atom stereocenters. The molecule has 0 amide bonds. The van der Waals surface area contributed by atoms with Gasteiger partial charge in [0.2, 0.25) is 6.10 Å². The van der Waals surface area contributed by atoms with Crippen LogP contribution in [0, 0.1) is 0 Å². The first-order valence-electron chi connectivity index (χ1n) is 5.01.